The van der Waals surface area contributed by atoms with Gasteiger partial charge in [-0.3, -0.25) is 9.89 Å². The SMILES string of the molecule is CCc1cn[nH]c1NC(=O)c1cc(Cl)ccc1N. The predicted octanol–water partition coefficient (Wildman–Crippen LogP) is 2.46. The lowest BCUT2D eigenvalue weighted by Crippen LogP contribution is -2.15. The van der Waals surface area contributed by atoms with Crippen LogP contribution >= 0.6 is 11.6 Å². The Morgan fingerprint density at radius 2 is 2.33 bits per heavy atom. The van der Waals surface area contributed by atoms with Crippen LogP contribution in [0.25, 0.3) is 0 Å². The van der Waals surface area contributed by atoms with E-state index >= 15 is 0 Å². The first kappa shape index (κ1) is 12.4. The molecule has 5 nitrogen and oxygen atoms in total. The highest BCUT2D eigenvalue weighted by molar-refractivity contribution is 6.31. The molecule has 0 atom stereocenters. The maximum absolute atomic E-state index is 12.1. The molecule has 0 spiro atoms. The maximum atomic E-state index is 12.1. The molecule has 0 fully saturated rings. The molecule has 1 heterocycles. The minimum atomic E-state index is -0.311. The third kappa shape index (κ3) is 2.46. The van der Waals surface area contributed by atoms with E-state index in [2.05, 4.69) is 15.5 Å². The van der Waals surface area contributed by atoms with Crippen molar-refractivity contribution >= 4 is 29.0 Å². The van der Waals surface area contributed by atoms with Crippen LogP contribution in [-0.4, -0.2) is 16.1 Å². The number of halogens is 1. The average Bonchev–Trinajstić information content (AvgIpc) is 2.79. The molecule has 1 aromatic carbocycles. The first-order valence-electron chi connectivity index (χ1n) is 5.50. The number of anilines is 2. The second kappa shape index (κ2) is 5.10. The van der Waals surface area contributed by atoms with Crippen LogP contribution in [0, 0.1) is 0 Å². The molecule has 1 amide bonds. The number of nitrogens with one attached hydrogen (secondary N) is 2. The molecule has 0 radical (unpaired) electrons. The van der Waals surface area contributed by atoms with Gasteiger partial charge < -0.3 is 11.1 Å². The Morgan fingerprint density at radius 3 is 3.06 bits per heavy atom. The van der Waals surface area contributed by atoms with Crippen molar-refractivity contribution in [1.29, 1.82) is 0 Å². The molecule has 0 saturated carbocycles. The van der Waals surface area contributed by atoms with E-state index in [0.29, 0.717) is 22.1 Å². The zero-order chi connectivity index (χ0) is 13.1. The van der Waals surface area contributed by atoms with Gasteiger partial charge in [0.25, 0.3) is 5.91 Å². The van der Waals surface area contributed by atoms with Crippen LogP contribution < -0.4 is 11.1 Å². The molecule has 0 saturated heterocycles. The lowest BCUT2D eigenvalue weighted by atomic mass is 10.1. The number of aromatic nitrogens is 2. The highest BCUT2D eigenvalue weighted by Gasteiger charge is 2.13. The van der Waals surface area contributed by atoms with Gasteiger partial charge in [-0.2, -0.15) is 5.10 Å². The molecule has 6 heteroatoms. The number of carbonyl (C=O) groups is 1. The number of nitrogens with two attached hydrogens (primary N) is 1. The summed E-state index contributed by atoms with van der Waals surface area (Å²) in [4.78, 5) is 12.1. The van der Waals surface area contributed by atoms with Crippen molar-refractivity contribution in [2.45, 2.75) is 13.3 Å². The first-order chi connectivity index (χ1) is 8.61. The zero-order valence-corrected chi connectivity index (χ0v) is 10.6. The van der Waals surface area contributed by atoms with Crippen molar-refractivity contribution in [3.8, 4) is 0 Å². The number of rotatable bonds is 3. The van der Waals surface area contributed by atoms with Crippen molar-refractivity contribution in [2.75, 3.05) is 11.1 Å². The third-order valence-corrected chi connectivity index (χ3v) is 2.83. The number of nitrogen functional groups attached to an aromatic ring is 1. The van der Waals surface area contributed by atoms with Crippen LogP contribution in [0.15, 0.2) is 24.4 Å². The summed E-state index contributed by atoms with van der Waals surface area (Å²) in [5.74, 6) is 0.274. The molecular formula is C12H13ClN4O. The molecule has 2 aromatic rings. The molecule has 0 unspecified atom stereocenters. The molecule has 18 heavy (non-hydrogen) atoms. The minimum absolute atomic E-state index is 0.311. The van der Waals surface area contributed by atoms with E-state index in [1.807, 2.05) is 6.92 Å². The molecular weight excluding hydrogens is 252 g/mol. The Bertz CT molecular complexity index is 579. The van der Waals surface area contributed by atoms with Crippen LogP contribution in [0.5, 0.6) is 0 Å². The van der Waals surface area contributed by atoms with E-state index < -0.39 is 0 Å². The van der Waals surface area contributed by atoms with Crippen molar-refractivity contribution in [2.24, 2.45) is 0 Å². The van der Waals surface area contributed by atoms with Gasteiger partial charge in [-0.15, -0.1) is 0 Å². The highest BCUT2D eigenvalue weighted by atomic mass is 35.5. The van der Waals surface area contributed by atoms with Crippen molar-refractivity contribution in [1.82, 2.24) is 10.2 Å². The van der Waals surface area contributed by atoms with E-state index in [1.165, 1.54) is 6.07 Å². The van der Waals surface area contributed by atoms with Gasteiger partial charge in [0.2, 0.25) is 0 Å². The third-order valence-electron chi connectivity index (χ3n) is 2.60. The summed E-state index contributed by atoms with van der Waals surface area (Å²) < 4.78 is 0. The summed E-state index contributed by atoms with van der Waals surface area (Å²) >= 11 is 5.85. The first-order valence-corrected chi connectivity index (χ1v) is 5.88. The Kier molecular flexibility index (Phi) is 3.53. The molecule has 0 bridgehead atoms. The second-order valence-electron chi connectivity index (χ2n) is 3.81. The van der Waals surface area contributed by atoms with Crippen LogP contribution in [0.3, 0.4) is 0 Å². The van der Waals surface area contributed by atoms with Gasteiger partial charge in [0.1, 0.15) is 5.82 Å². The number of aryl methyl sites for hydroxylation is 1. The Morgan fingerprint density at radius 1 is 1.56 bits per heavy atom. The fourth-order valence-electron chi connectivity index (χ4n) is 1.59. The highest BCUT2D eigenvalue weighted by Crippen LogP contribution is 2.20. The molecule has 0 aliphatic rings. The quantitative estimate of drug-likeness (QED) is 0.745. The summed E-state index contributed by atoms with van der Waals surface area (Å²) in [6.07, 6.45) is 2.45. The number of nitrogens with zero attached hydrogens (tertiary/aromatic N) is 1. The molecule has 0 aliphatic carbocycles. The fraction of sp³-hybridized carbons (Fsp3) is 0.167. The van der Waals surface area contributed by atoms with Crippen LogP contribution in [-0.2, 0) is 6.42 Å². The van der Waals surface area contributed by atoms with Gasteiger partial charge in [0.05, 0.1) is 11.8 Å². The summed E-state index contributed by atoms with van der Waals surface area (Å²) in [6, 6.07) is 4.78. The van der Waals surface area contributed by atoms with E-state index in [0.717, 1.165) is 12.0 Å². The standard InChI is InChI=1S/C12H13ClN4O/c1-2-7-6-15-17-11(7)16-12(18)9-5-8(13)3-4-10(9)14/h3-6H,2,14H2,1H3,(H2,15,16,17,18). The molecule has 4 N–H and O–H groups in total. The number of carbonyl (C=O) groups excluding carboxylic acids is 1. The van der Waals surface area contributed by atoms with Gasteiger partial charge >= 0.3 is 0 Å². The fourth-order valence-corrected chi connectivity index (χ4v) is 1.77. The van der Waals surface area contributed by atoms with Gasteiger partial charge in [0.15, 0.2) is 0 Å². The van der Waals surface area contributed by atoms with E-state index in [1.54, 1.807) is 18.3 Å². The summed E-state index contributed by atoms with van der Waals surface area (Å²) in [7, 11) is 0. The molecule has 1 aromatic heterocycles. The van der Waals surface area contributed by atoms with Crippen molar-refractivity contribution in [3.05, 3.63) is 40.5 Å². The largest absolute Gasteiger partial charge is 0.398 e. The van der Waals surface area contributed by atoms with Gasteiger partial charge in [0, 0.05) is 16.3 Å². The number of amides is 1. The predicted molar refractivity (Wildman–Crippen MR) is 71.8 cm³/mol. The summed E-state index contributed by atoms with van der Waals surface area (Å²) in [5, 5.41) is 9.82. The Hall–Kier alpha value is -2.01. The smallest absolute Gasteiger partial charge is 0.258 e. The number of benzene rings is 1. The zero-order valence-electron chi connectivity index (χ0n) is 9.83. The van der Waals surface area contributed by atoms with Crippen LogP contribution in [0.1, 0.15) is 22.8 Å². The average molecular weight is 265 g/mol. The number of aromatic amines is 1. The number of hydrogen-bond acceptors (Lipinski definition) is 3. The normalized spacial score (nSPS) is 10.3. The van der Waals surface area contributed by atoms with E-state index in [4.69, 9.17) is 17.3 Å². The lowest BCUT2D eigenvalue weighted by molar-refractivity contribution is 0.102. The second-order valence-corrected chi connectivity index (χ2v) is 4.25. The monoisotopic (exact) mass is 264 g/mol. The van der Waals surface area contributed by atoms with Gasteiger partial charge in [-0.25, -0.2) is 0 Å². The Labute approximate surface area is 109 Å². The van der Waals surface area contributed by atoms with E-state index in [9.17, 15) is 4.79 Å². The van der Waals surface area contributed by atoms with E-state index in [-0.39, 0.29) is 5.91 Å². The Balaban J connectivity index is 2.25. The van der Waals surface area contributed by atoms with Crippen molar-refractivity contribution < 1.29 is 4.79 Å². The maximum Gasteiger partial charge on any atom is 0.258 e. The molecule has 0 aliphatic heterocycles. The topological polar surface area (TPSA) is 83.8 Å². The van der Waals surface area contributed by atoms with Crippen molar-refractivity contribution in [3.63, 3.8) is 0 Å². The van der Waals surface area contributed by atoms with Gasteiger partial charge in [-0.05, 0) is 24.6 Å². The molecule has 2 rings (SSSR count). The number of hydrogen-bond donors (Lipinski definition) is 3. The molecule has 94 valence electrons. The summed E-state index contributed by atoms with van der Waals surface area (Å²) in [5.41, 5.74) is 7.41. The number of H-pyrrole nitrogens is 1. The lowest BCUT2D eigenvalue weighted by Gasteiger charge is -2.07. The van der Waals surface area contributed by atoms with Crippen LogP contribution in [0.4, 0.5) is 11.5 Å². The minimum Gasteiger partial charge on any atom is -0.398 e. The summed E-state index contributed by atoms with van der Waals surface area (Å²) in [6.45, 7) is 1.98. The van der Waals surface area contributed by atoms with Gasteiger partial charge in [-0.1, -0.05) is 18.5 Å². The van der Waals surface area contributed by atoms with Crippen LogP contribution in [0.2, 0.25) is 5.02 Å².